The van der Waals surface area contributed by atoms with Crippen LogP contribution in [-0.2, 0) is 0 Å². The van der Waals surface area contributed by atoms with Crippen LogP contribution in [-0.4, -0.2) is 16.0 Å². The van der Waals surface area contributed by atoms with Crippen LogP contribution in [0, 0.1) is 6.92 Å². The Morgan fingerprint density at radius 2 is 2.05 bits per heavy atom. The average molecular weight is 284 g/mol. The minimum Gasteiger partial charge on any atom is -0.268 e. The third kappa shape index (κ3) is 3.96. The number of H-pyrrole nitrogens is 1. The maximum absolute atomic E-state index is 11.1. The van der Waals surface area contributed by atoms with Gasteiger partial charge >= 0.3 is 0 Å². The molecule has 1 N–H and O–H groups in total. The Balaban J connectivity index is 2.11. The molecule has 0 amide bonds. The topological polar surface area (TPSA) is 45.8 Å². The second-order valence-electron chi connectivity index (χ2n) is 4.30. The van der Waals surface area contributed by atoms with Crippen molar-refractivity contribution < 1.29 is 0 Å². The summed E-state index contributed by atoms with van der Waals surface area (Å²) >= 11 is 1.75. The van der Waals surface area contributed by atoms with Gasteiger partial charge in [0.2, 0.25) is 0 Å². The van der Waals surface area contributed by atoms with Crippen LogP contribution in [0.25, 0.3) is 12.2 Å². The van der Waals surface area contributed by atoms with Crippen molar-refractivity contribution in [3.05, 3.63) is 70.2 Å². The fraction of sp³-hybridized carbons (Fsp3) is 0.125. The van der Waals surface area contributed by atoms with Crippen molar-refractivity contribution in [2.75, 3.05) is 5.75 Å². The number of nitrogens with one attached hydrogen (secondary N) is 1. The van der Waals surface area contributed by atoms with Crippen LogP contribution >= 0.6 is 11.8 Å². The van der Waals surface area contributed by atoms with Crippen LogP contribution in [0.2, 0.25) is 0 Å². The van der Waals surface area contributed by atoms with Gasteiger partial charge in [-0.3, -0.25) is 4.79 Å². The van der Waals surface area contributed by atoms with Crippen molar-refractivity contribution in [2.45, 2.75) is 11.8 Å². The summed E-state index contributed by atoms with van der Waals surface area (Å²) in [5, 5.41) is 6.45. The van der Waals surface area contributed by atoms with E-state index < -0.39 is 0 Å². The van der Waals surface area contributed by atoms with Gasteiger partial charge in [-0.25, -0.2) is 5.10 Å². The van der Waals surface area contributed by atoms with E-state index in [-0.39, 0.29) is 5.56 Å². The fourth-order valence-electron chi connectivity index (χ4n) is 1.68. The van der Waals surface area contributed by atoms with E-state index >= 15 is 0 Å². The second kappa shape index (κ2) is 6.91. The van der Waals surface area contributed by atoms with E-state index in [1.807, 2.05) is 25.2 Å². The number of aromatic amines is 1. The summed E-state index contributed by atoms with van der Waals surface area (Å²) in [5.74, 6) is 0.912. The van der Waals surface area contributed by atoms with Gasteiger partial charge in [0.1, 0.15) is 0 Å². The molecule has 20 heavy (non-hydrogen) atoms. The lowest BCUT2D eigenvalue weighted by Crippen LogP contribution is -2.08. The van der Waals surface area contributed by atoms with E-state index in [0.29, 0.717) is 0 Å². The number of nitrogens with zero attached hydrogens (tertiary/aromatic N) is 1. The Kier molecular flexibility index (Phi) is 4.96. The molecule has 4 heteroatoms. The summed E-state index contributed by atoms with van der Waals surface area (Å²) < 4.78 is 0. The molecule has 2 aromatic rings. The van der Waals surface area contributed by atoms with Gasteiger partial charge in [-0.1, -0.05) is 24.3 Å². The van der Waals surface area contributed by atoms with Crippen LogP contribution in [0.3, 0.4) is 0 Å². The Hall–Kier alpha value is -2.07. The van der Waals surface area contributed by atoms with E-state index in [4.69, 9.17) is 0 Å². The first-order chi connectivity index (χ1) is 9.69. The number of hydrogen-bond acceptors (Lipinski definition) is 3. The Morgan fingerprint density at radius 1 is 1.30 bits per heavy atom. The normalized spacial score (nSPS) is 10.8. The molecule has 2 rings (SSSR count). The molecule has 0 atom stereocenters. The molecule has 1 heterocycles. The molecule has 102 valence electrons. The molecule has 0 bridgehead atoms. The highest BCUT2D eigenvalue weighted by atomic mass is 32.2. The largest absolute Gasteiger partial charge is 0.268 e. The quantitative estimate of drug-likeness (QED) is 0.675. The van der Waals surface area contributed by atoms with E-state index in [0.717, 1.165) is 22.6 Å². The minimum absolute atomic E-state index is 0.178. The van der Waals surface area contributed by atoms with Gasteiger partial charge in [-0.15, -0.1) is 18.3 Å². The summed E-state index contributed by atoms with van der Waals surface area (Å²) in [4.78, 5) is 12.3. The predicted molar refractivity (Wildman–Crippen MR) is 85.9 cm³/mol. The van der Waals surface area contributed by atoms with Gasteiger partial charge in [0.15, 0.2) is 0 Å². The summed E-state index contributed by atoms with van der Waals surface area (Å²) in [6, 6.07) is 9.83. The number of aryl methyl sites for hydroxylation is 1. The fourth-order valence-corrected chi connectivity index (χ4v) is 2.32. The highest BCUT2D eigenvalue weighted by Gasteiger charge is 1.97. The van der Waals surface area contributed by atoms with Gasteiger partial charge in [-0.05, 0) is 36.3 Å². The lowest BCUT2D eigenvalue weighted by atomic mass is 10.1. The lowest BCUT2D eigenvalue weighted by Gasteiger charge is -2.00. The third-order valence-corrected chi connectivity index (χ3v) is 3.73. The number of rotatable bonds is 5. The predicted octanol–water partition coefficient (Wildman–Crippen LogP) is 3.53. The van der Waals surface area contributed by atoms with Crippen molar-refractivity contribution in [3.63, 3.8) is 0 Å². The van der Waals surface area contributed by atoms with Gasteiger partial charge in [0, 0.05) is 16.7 Å². The molecule has 0 aliphatic carbocycles. The highest BCUT2D eigenvalue weighted by molar-refractivity contribution is 7.99. The van der Waals surface area contributed by atoms with Crippen molar-refractivity contribution in [1.29, 1.82) is 0 Å². The van der Waals surface area contributed by atoms with E-state index in [2.05, 4.69) is 41.0 Å². The summed E-state index contributed by atoms with van der Waals surface area (Å²) in [7, 11) is 0. The van der Waals surface area contributed by atoms with Crippen LogP contribution in [0.5, 0.6) is 0 Å². The molecule has 0 fully saturated rings. The Morgan fingerprint density at radius 3 is 2.70 bits per heavy atom. The summed E-state index contributed by atoms with van der Waals surface area (Å²) in [6.07, 6.45) is 5.77. The average Bonchev–Trinajstić information content (AvgIpc) is 2.45. The number of hydrogen-bond donors (Lipinski definition) is 1. The Bertz CT molecular complexity index is 672. The standard InChI is InChI=1S/C16H16N2OS/c1-3-10-20-14-7-4-13(5-8-14)6-9-15-12(2)11-16(19)18-17-15/h3-9,11H,1,10H2,2H3,(H,18,19). The first-order valence-electron chi connectivity index (χ1n) is 6.27. The van der Waals surface area contributed by atoms with Crippen molar-refractivity contribution >= 4 is 23.9 Å². The van der Waals surface area contributed by atoms with Crippen LogP contribution in [0.15, 0.2) is 52.7 Å². The van der Waals surface area contributed by atoms with Gasteiger partial charge < -0.3 is 0 Å². The first-order valence-corrected chi connectivity index (χ1v) is 7.26. The SMILES string of the molecule is C=CCSc1ccc(C=Cc2n[nH]c(=O)cc2C)cc1. The zero-order valence-corrected chi connectivity index (χ0v) is 12.1. The minimum atomic E-state index is -0.178. The van der Waals surface area contributed by atoms with Gasteiger partial charge in [-0.2, -0.15) is 5.10 Å². The zero-order valence-electron chi connectivity index (χ0n) is 11.3. The molecule has 0 aliphatic heterocycles. The molecule has 3 nitrogen and oxygen atoms in total. The zero-order chi connectivity index (χ0) is 14.4. The second-order valence-corrected chi connectivity index (χ2v) is 5.40. The van der Waals surface area contributed by atoms with Gasteiger partial charge in [0.05, 0.1) is 5.69 Å². The molecule has 1 aromatic heterocycles. The maximum atomic E-state index is 11.1. The molecule has 0 saturated carbocycles. The molecule has 0 radical (unpaired) electrons. The summed E-state index contributed by atoms with van der Waals surface area (Å²) in [6.45, 7) is 5.58. The molecule has 0 aliphatic rings. The summed E-state index contributed by atoms with van der Waals surface area (Å²) in [5.41, 5.74) is 2.56. The van der Waals surface area contributed by atoms with Gasteiger partial charge in [0.25, 0.3) is 5.56 Å². The van der Waals surface area contributed by atoms with Crippen LogP contribution in [0.1, 0.15) is 16.8 Å². The molecular weight excluding hydrogens is 268 g/mol. The molecule has 1 aromatic carbocycles. The Labute approximate surface area is 122 Å². The van der Waals surface area contributed by atoms with Crippen LogP contribution in [0.4, 0.5) is 0 Å². The van der Waals surface area contributed by atoms with Crippen molar-refractivity contribution in [3.8, 4) is 0 Å². The van der Waals surface area contributed by atoms with E-state index in [1.165, 1.54) is 4.90 Å². The van der Waals surface area contributed by atoms with Crippen molar-refractivity contribution in [2.24, 2.45) is 0 Å². The molecule has 0 spiro atoms. The number of benzene rings is 1. The highest BCUT2D eigenvalue weighted by Crippen LogP contribution is 2.19. The van der Waals surface area contributed by atoms with E-state index in [9.17, 15) is 4.79 Å². The number of thioether (sulfide) groups is 1. The first kappa shape index (κ1) is 14.3. The monoisotopic (exact) mass is 284 g/mol. The third-order valence-electron chi connectivity index (χ3n) is 2.72. The van der Waals surface area contributed by atoms with E-state index in [1.54, 1.807) is 17.8 Å². The van der Waals surface area contributed by atoms with Crippen LogP contribution < -0.4 is 5.56 Å². The maximum Gasteiger partial charge on any atom is 0.264 e. The molecule has 0 unspecified atom stereocenters. The molecule has 0 saturated heterocycles. The van der Waals surface area contributed by atoms with Crippen molar-refractivity contribution in [1.82, 2.24) is 10.2 Å². The lowest BCUT2D eigenvalue weighted by molar-refractivity contribution is 0.961. The molecular formula is C16H16N2OS. The smallest absolute Gasteiger partial charge is 0.264 e. The number of aromatic nitrogens is 2.